The molecule has 1 aromatic rings. The molecule has 0 aliphatic carbocycles. The van der Waals surface area contributed by atoms with Crippen molar-refractivity contribution >= 4 is 0 Å². The maximum absolute atomic E-state index is 5.34. The molecule has 0 fully saturated rings. The van der Waals surface area contributed by atoms with Gasteiger partial charge in [-0.2, -0.15) is 0 Å². The van der Waals surface area contributed by atoms with E-state index in [-0.39, 0.29) is 0 Å². The van der Waals surface area contributed by atoms with Crippen LogP contribution in [0.3, 0.4) is 0 Å². The molecule has 0 amide bonds. The van der Waals surface area contributed by atoms with E-state index in [1.165, 1.54) is 5.56 Å². The van der Waals surface area contributed by atoms with Crippen LogP contribution in [0.5, 0.6) is 5.75 Å². The third kappa shape index (κ3) is 3.92. The summed E-state index contributed by atoms with van der Waals surface area (Å²) in [6, 6.07) is 8.25. The van der Waals surface area contributed by atoms with Crippen molar-refractivity contribution in [1.29, 1.82) is 0 Å². The highest BCUT2D eigenvalue weighted by Crippen LogP contribution is 2.20. The summed E-state index contributed by atoms with van der Waals surface area (Å²) >= 11 is 0. The minimum Gasteiger partial charge on any atom is -0.496 e. The average molecular weight is 207 g/mol. The average Bonchev–Trinajstić information content (AvgIpc) is 2.17. The van der Waals surface area contributed by atoms with Crippen molar-refractivity contribution in [1.82, 2.24) is 4.90 Å². The van der Waals surface area contributed by atoms with E-state index in [1.54, 1.807) is 7.11 Å². The fourth-order valence-electron chi connectivity index (χ4n) is 1.93. The summed E-state index contributed by atoms with van der Waals surface area (Å²) in [6.07, 6.45) is 1.07. The Morgan fingerprint density at radius 3 is 2.53 bits per heavy atom. The number of hydrogen-bond donors (Lipinski definition) is 0. The summed E-state index contributed by atoms with van der Waals surface area (Å²) in [7, 11) is 5.95. The van der Waals surface area contributed by atoms with Gasteiger partial charge in [-0.05, 0) is 38.1 Å². The molecular weight excluding hydrogens is 186 g/mol. The highest BCUT2D eigenvalue weighted by atomic mass is 16.5. The highest BCUT2D eigenvalue weighted by Gasteiger charge is 2.08. The number of ether oxygens (including phenoxy) is 1. The smallest absolute Gasteiger partial charge is 0.122 e. The Morgan fingerprint density at radius 1 is 1.27 bits per heavy atom. The van der Waals surface area contributed by atoms with Crippen LogP contribution in [0.1, 0.15) is 12.5 Å². The van der Waals surface area contributed by atoms with E-state index in [0.717, 1.165) is 18.7 Å². The molecule has 0 spiro atoms. The molecule has 0 heterocycles. The van der Waals surface area contributed by atoms with Crippen molar-refractivity contribution in [2.24, 2.45) is 5.92 Å². The van der Waals surface area contributed by atoms with Crippen LogP contribution in [-0.4, -0.2) is 32.6 Å². The van der Waals surface area contributed by atoms with E-state index >= 15 is 0 Å². The molecule has 0 radical (unpaired) electrons. The van der Waals surface area contributed by atoms with Crippen molar-refractivity contribution in [2.75, 3.05) is 27.7 Å². The summed E-state index contributed by atoms with van der Waals surface area (Å²) in [6.45, 7) is 3.38. The Balaban J connectivity index is 2.63. The van der Waals surface area contributed by atoms with Gasteiger partial charge < -0.3 is 9.64 Å². The zero-order valence-electron chi connectivity index (χ0n) is 10.2. The van der Waals surface area contributed by atoms with Crippen LogP contribution >= 0.6 is 0 Å². The van der Waals surface area contributed by atoms with E-state index in [2.05, 4.69) is 38.1 Å². The zero-order valence-corrected chi connectivity index (χ0v) is 10.2. The lowest BCUT2D eigenvalue weighted by Crippen LogP contribution is -2.21. The van der Waals surface area contributed by atoms with Gasteiger partial charge in [0, 0.05) is 6.54 Å². The van der Waals surface area contributed by atoms with E-state index in [0.29, 0.717) is 5.92 Å². The first-order chi connectivity index (χ1) is 7.13. The summed E-state index contributed by atoms with van der Waals surface area (Å²) in [5.74, 6) is 1.65. The third-order valence-corrected chi connectivity index (χ3v) is 2.44. The predicted molar refractivity (Wildman–Crippen MR) is 64.4 cm³/mol. The molecule has 0 saturated carbocycles. The van der Waals surface area contributed by atoms with Gasteiger partial charge in [-0.15, -0.1) is 0 Å². The summed E-state index contributed by atoms with van der Waals surface area (Å²) < 4.78 is 5.34. The van der Waals surface area contributed by atoms with Crippen LogP contribution in [0.4, 0.5) is 0 Å². The Bertz CT molecular complexity index is 296. The van der Waals surface area contributed by atoms with Crippen LogP contribution in [0.25, 0.3) is 0 Å². The predicted octanol–water partition coefficient (Wildman–Crippen LogP) is 2.44. The largest absolute Gasteiger partial charge is 0.496 e. The first-order valence-corrected chi connectivity index (χ1v) is 5.40. The Labute approximate surface area is 92.9 Å². The van der Waals surface area contributed by atoms with Crippen molar-refractivity contribution < 1.29 is 4.74 Å². The van der Waals surface area contributed by atoms with E-state index in [9.17, 15) is 0 Å². The number of para-hydroxylation sites is 1. The van der Waals surface area contributed by atoms with Gasteiger partial charge in [0.25, 0.3) is 0 Å². The second kappa shape index (κ2) is 5.76. The number of hydrogen-bond acceptors (Lipinski definition) is 2. The topological polar surface area (TPSA) is 12.5 Å². The molecule has 0 aliphatic heterocycles. The van der Waals surface area contributed by atoms with Gasteiger partial charge >= 0.3 is 0 Å². The van der Waals surface area contributed by atoms with Crippen LogP contribution in [0, 0.1) is 5.92 Å². The molecule has 0 N–H and O–H groups in total. The van der Waals surface area contributed by atoms with Gasteiger partial charge in [0.1, 0.15) is 5.75 Å². The van der Waals surface area contributed by atoms with Crippen molar-refractivity contribution in [3.05, 3.63) is 29.8 Å². The number of benzene rings is 1. The van der Waals surface area contributed by atoms with Gasteiger partial charge in [-0.25, -0.2) is 0 Å². The number of rotatable bonds is 5. The molecule has 1 rings (SSSR count). The number of nitrogens with zero attached hydrogens (tertiary/aromatic N) is 1. The minimum absolute atomic E-state index is 0.649. The first kappa shape index (κ1) is 12.1. The molecule has 1 unspecified atom stereocenters. The van der Waals surface area contributed by atoms with Crippen molar-refractivity contribution in [3.8, 4) is 5.75 Å². The van der Waals surface area contributed by atoms with Gasteiger partial charge in [0.15, 0.2) is 0 Å². The SMILES string of the molecule is COc1ccccc1CC(C)CN(C)C. The van der Waals surface area contributed by atoms with Crippen LogP contribution in [-0.2, 0) is 6.42 Å². The van der Waals surface area contributed by atoms with E-state index in [1.807, 2.05) is 12.1 Å². The van der Waals surface area contributed by atoms with E-state index < -0.39 is 0 Å². The molecule has 0 aliphatic rings. The third-order valence-electron chi connectivity index (χ3n) is 2.44. The fourth-order valence-corrected chi connectivity index (χ4v) is 1.93. The standard InChI is InChI=1S/C13H21NO/c1-11(10-14(2)3)9-12-7-5-6-8-13(12)15-4/h5-8,11H,9-10H2,1-4H3. The lowest BCUT2D eigenvalue weighted by atomic mass is 10.00. The molecule has 2 nitrogen and oxygen atoms in total. The maximum Gasteiger partial charge on any atom is 0.122 e. The maximum atomic E-state index is 5.34. The summed E-state index contributed by atoms with van der Waals surface area (Å²) in [5.41, 5.74) is 1.30. The molecule has 1 atom stereocenters. The Kier molecular flexibility index (Phi) is 4.63. The van der Waals surface area contributed by atoms with Gasteiger partial charge in [0.2, 0.25) is 0 Å². The lowest BCUT2D eigenvalue weighted by Gasteiger charge is -2.18. The molecule has 15 heavy (non-hydrogen) atoms. The molecular formula is C13H21NO. The minimum atomic E-state index is 0.649. The highest BCUT2D eigenvalue weighted by molar-refractivity contribution is 5.33. The molecule has 0 aromatic heterocycles. The van der Waals surface area contributed by atoms with Crippen molar-refractivity contribution in [2.45, 2.75) is 13.3 Å². The molecule has 2 heteroatoms. The monoisotopic (exact) mass is 207 g/mol. The Morgan fingerprint density at radius 2 is 1.93 bits per heavy atom. The van der Waals surface area contributed by atoms with Crippen LogP contribution in [0.2, 0.25) is 0 Å². The fraction of sp³-hybridized carbons (Fsp3) is 0.538. The molecule has 1 aromatic carbocycles. The normalized spacial score (nSPS) is 12.9. The van der Waals surface area contributed by atoms with Gasteiger partial charge in [-0.1, -0.05) is 25.1 Å². The van der Waals surface area contributed by atoms with Crippen molar-refractivity contribution in [3.63, 3.8) is 0 Å². The summed E-state index contributed by atoms with van der Waals surface area (Å²) in [5, 5.41) is 0. The van der Waals surface area contributed by atoms with Gasteiger partial charge in [-0.3, -0.25) is 0 Å². The van der Waals surface area contributed by atoms with Crippen LogP contribution < -0.4 is 4.74 Å². The molecule has 84 valence electrons. The summed E-state index contributed by atoms with van der Waals surface area (Å²) in [4.78, 5) is 2.22. The van der Waals surface area contributed by atoms with Crippen LogP contribution in [0.15, 0.2) is 24.3 Å². The second-order valence-electron chi connectivity index (χ2n) is 4.38. The van der Waals surface area contributed by atoms with E-state index in [4.69, 9.17) is 4.74 Å². The zero-order chi connectivity index (χ0) is 11.3. The lowest BCUT2D eigenvalue weighted by molar-refractivity contribution is 0.334. The Hall–Kier alpha value is -1.02. The second-order valence-corrected chi connectivity index (χ2v) is 4.38. The number of methoxy groups -OCH3 is 1. The molecule has 0 bridgehead atoms. The quantitative estimate of drug-likeness (QED) is 0.735. The molecule has 0 saturated heterocycles. The first-order valence-electron chi connectivity index (χ1n) is 5.40. The van der Waals surface area contributed by atoms with Gasteiger partial charge in [0.05, 0.1) is 7.11 Å².